The smallest absolute Gasteiger partial charge is 0.328 e. The third-order valence-electron chi connectivity index (χ3n) is 5.23. The molecule has 0 aliphatic carbocycles. The van der Waals surface area contributed by atoms with Gasteiger partial charge in [0.15, 0.2) is 0 Å². The van der Waals surface area contributed by atoms with Crippen LogP contribution in [0.15, 0.2) is 12.7 Å². The molecule has 2 saturated heterocycles. The van der Waals surface area contributed by atoms with Gasteiger partial charge in [-0.15, -0.1) is 0 Å². The Bertz CT molecular complexity index is 569. The zero-order chi connectivity index (χ0) is 19.5. The second-order valence-corrected chi connectivity index (χ2v) is 7.29. The molecule has 146 valence electrons. The third kappa shape index (κ3) is 4.00. The summed E-state index contributed by atoms with van der Waals surface area (Å²) in [5, 5.41) is 0. The summed E-state index contributed by atoms with van der Waals surface area (Å²) in [7, 11) is 2.96. The van der Waals surface area contributed by atoms with Crippen molar-refractivity contribution in [3.8, 4) is 0 Å². The van der Waals surface area contributed by atoms with Gasteiger partial charge in [-0.3, -0.25) is 4.79 Å². The van der Waals surface area contributed by atoms with E-state index in [1.165, 1.54) is 18.1 Å². The molecule has 0 aromatic carbocycles. The number of ether oxygens (including phenoxy) is 2. The van der Waals surface area contributed by atoms with E-state index in [0.717, 1.165) is 0 Å². The highest BCUT2D eigenvalue weighted by molar-refractivity contribution is 5.87. The van der Waals surface area contributed by atoms with Crippen LogP contribution in [0.4, 0.5) is 4.79 Å². The normalized spacial score (nSPS) is 20.2. The number of carbonyl (C=O) groups is 3. The molecule has 1 spiro atoms. The lowest BCUT2D eigenvalue weighted by Crippen LogP contribution is -2.55. The average Bonchev–Trinajstić information content (AvgIpc) is 3.04. The fourth-order valence-electron chi connectivity index (χ4n) is 3.67. The zero-order valence-electron chi connectivity index (χ0n) is 16.1. The Balaban J connectivity index is 1.97. The SMILES string of the molecule is C=CC(=O)N1COC2(CCN(C(=O)N(C)[C@H](C(=O)OC)C(C)C)CC2)C1. The molecule has 0 N–H and O–H groups in total. The Hall–Kier alpha value is -2.09. The van der Waals surface area contributed by atoms with Crippen molar-refractivity contribution in [1.82, 2.24) is 14.7 Å². The molecular formula is C18H29N3O5. The van der Waals surface area contributed by atoms with E-state index < -0.39 is 17.6 Å². The predicted molar refractivity (Wildman–Crippen MR) is 95.2 cm³/mol. The van der Waals surface area contributed by atoms with Crippen molar-refractivity contribution >= 4 is 17.9 Å². The van der Waals surface area contributed by atoms with Crippen molar-refractivity contribution in [3.05, 3.63) is 12.7 Å². The maximum absolute atomic E-state index is 12.8. The number of likely N-dealkylation sites (N-methyl/N-ethyl adjacent to an activating group) is 1. The molecule has 2 aliphatic heterocycles. The monoisotopic (exact) mass is 367 g/mol. The first-order valence-electron chi connectivity index (χ1n) is 8.89. The largest absolute Gasteiger partial charge is 0.467 e. The maximum Gasteiger partial charge on any atom is 0.328 e. The molecule has 0 aromatic heterocycles. The van der Waals surface area contributed by atoms with Gasteiger partial charge in [-0.25, -0.2) is 9.59 Å². The van der Waals surface area contributed by atoms with E-state index >= 15 is 0 Å². The fraction of sp³-hybridized carbons (Fsp3) is 0.722. The van der Waals surface area contributed by atoms with Gasteiger partial charge in [0.2, 0.25) is 5.91 Å². The minimum atomic E-state index is -0.619. The molecule has 8 heteroatoms. The quantitative estimate of drug-likeness (QED) is 0.549. The number of methoxy groups -OCH3 is 1. The van der Waals surface area contributed by atoms with Crippen molar-refractivity contribution in [3.63, 3.8) is 0 Å². The predicted octanol–water partition coefficient (Wildman–Crippen LogP) is 1.07. The second kappa shape index (κ2) is 8.07. The van der Waals surface area contributed by atoms with Crippen LogP contribution in [0.2, 0.25) is 0 Å². The van der Waals surface area contributed by atoms with Crippen LogP contribution >= 0.6 is 0 Å². The Labute approximate surface area is 154 Å². The summed E-state index contributed by atoms with van der Waals surface area (Å²) in [6.45, 7) is 9.09. The van der Waals surface area contributed by atoms with E-state index in [1.807, 2.05) is 13.8 Å². The Kier molecular flexibility index (Phi) is 6.28. The van der Waals surface area contributed by atoms with Crippen molar-refractivity contribution in [2.24, 2.45) is 5.92 Å². The molecule has 26 heavy (non-hydrogen) atoms. The van der Waals surface area contributed by atoms with E-state index in [0.29, 0.717) is 32.5 Å². The lowest BCUT2D eigenvalue weighted by molar-refractivity contribution is -0.147. The standard InChI is InChI=1S/C18H29N3O5/c1-6-14(22)21-11-18(26-12-21)7-9-20(10-8-18)17(24)19(4)15(13(2)3)16(23)25-5/h6,13,15H,1,7-12H2,2-5H3/t15-/m0/s1. The van der Waals surface area contributed by atoms with Crippen LogP contribution < -0.4 is 0 Å². The molecule has 0 saturated carbocycles. The Morgan fingerprint density at radius 3 is 2.35 bits per heavy atom. The van der Waals surface area contributed by atoms with Crippen molar-refractivity contribution in [2.45, 2.75) is 38.3 Å². The van der Waals surface area contributed by atoms with E-state index in [9.17, 15) is 14.4 Å². The number of piperidine rings is 1. The van der Waals surface area contributed by atoms with Crippen molar-refractivity contribution in [2.75, 3.05) is 40.5 Å². The fourth-order valence-corrected chi connectivity index (χ4v) is 3.67. The first-order valence-corrected chi connectivity index (χ1v) is 8.89. The molecule has 2 aliphatic rings. The lowest BCUT2D eigenvalue weighted by Gasteiger charge is -2.40. The molecule has 8 nitrogen and oxygen atoms in total. The van der Waals surface area contributed by atoms with Gasteiger partial charge in [0.1, 0.15) is 12.8 Å². The summed E-state index contributed by atoms with van der Waals surface area (Å²) in [5.74, 6) is -0.607. The van der Waals surface area contributed by atoms with Crippen LogP contribution in [-0.2, 0) is 19.1 Å². The van der Waals surface area contributed by atoms with Crippen LogP contribution in [0.1, 0.15) is 26.7 Å². The number of amides is 3. The van der Waals surface area contributed by atoms with Crippen molar-refractivity contribution < 1.29 is 23.9 Å². The summed E-state index contributed by atoms with van der Waals surface area (Å²) >= 11 is 0. The summed E-state index contributed by atoms with van der Waals surface area (Å²) in [4.78, 5) is 41.4. The number of rotatable bonds is 4. The maximum atomic E-state index is 12.8. The van der Waals surface area contributed by atoms with Gasteiger partial charge in [-0.1, -0.05) is 20.4 Å². The van der Waals surface area contributed by atoms with E-state index in [4.69, 9.17) is 9.47 Å². The minimum absolute atomic E-state index is 0.0517. The first kappa shape index (κ1) is 20.2. The van der Waals surface area contributed by atoms with Crippen molar-refractivity contribution in [1.29, 1.82) is 0 Å². The number of likely N-dealkylation sites (tertiary alicyclic amines) is 1. The van der Waals surface area contributed by atoms with Crippen LogP contribution in [0.25, 0.3) is 0 Å². The van der Waals surface area contributed by atoms with Gasteiger partial charge in [0, 0.05) is 20.1 Å². The third-order valence-corrected chi connectivity index (χ3v) is 5.23. The molecule has 2 rings (SSSR count). The summed E-state index contributed by atoms with van der Waals surface area (Å²) in [5.41, 5.74) is -0.395. The number of nitrogens with zero attached hydrogens (tertiary/aromatic N) is 3. The van der Waals surface area contributed by atoms with Gasteiger partial charge in [0.25, 0.3) is 0 Å². The number of esters is 1. The van der Waals surface area contributed by atoms with Gasteiger partial charge >= 0.3 is 12.0 Å². The number of hydrogen-bond acceptors (Lipinski definition) is 5. The topological polar surface area (TPSA) is 79.4 Å². The molecule has 0 bridgehead atoms. The number of hydrogen-bond donors (Lipinski definition) is 0. The van der Waals surface area contributed by atoms with E-state index in [-0.39, 0.29) is 24.6 Å². The number of urea groups is 1. The van der Waals surface area contributed by atoms with Gasteiger partial charge in [-0.2, -0.15) is 0 Å². The van der Waals surface area contributed by atoms with Crippen LogP contribution in [0, 0.1) is 5.92 Å². The Morgan fingerprint density at radius 2 is 1.85 bits per heavy atom. The lowest BCUT2D eigenvalue weighted by atomic mass is 9.91. The van der Waals surface area contributed by atoms with Gasteiger partial charge in [-0.05, 0) is 24.8 Å². The molecule has 1 atom stereocenters. The van der Waals surface area contributed by atoms with Gasteiger partial charge < -0.3 is 24.2 Å². The average molecular weight is 367 g/mol. The molecule has 0 radical (unpaired) electrons. The first-order chi connectivity index (χ1) is 12.2. The van der Waals surface area contributed by atoms with E-state index in [1.54, 1.807) is 16.8 Å². The molecule has 0 unspecified atom stereocenters. The highest BCUT2D eigenvalue weighted by atomic mass is 16.5. The molecule has 2 heterocycles. The molecule has 2 fully saturated rings. The summed E-state index contributed by atoms with van der Waals surface area (Å²) in [6.07, 6.45) is 2.59. The zero-order valence-corrected chi connectivity index (χ0v) is 16.1. The van der Waals surface area contributed by atoms with Gasteiger partial charge in [0.05, 0.1) is 19.3 Å². The van der Waals surface area contributed by atoms with Crippen LogP contribution in [-0.4, -0.2) is 84.8 Å². The second-order valence-electron chi connectivity index (χ2n) is 7.29. The minimum Gasteiger partial charge on any atom is -0.467 e. The molecule has 3 amide bonds. The molecule has 0 aromatic rings. The Morgan fingerprint density at radius 1 is 1.23 bits per heavy atom. The summed E-state index contributed by atoms with van der Waals surface area (Å²) in [6, 6.07) is -0.812. The molecular weight excluding hydrogens is 338 g/mol. The summed E-state index contributed by atoms with van der Waals surface area (Å²) < 4.78 is 10.7. The van der Waals surface area contributed by atoms with Crippen LogP contribution in [0.3, 0.4) is 0 Å². The number of carbonyl (C=O) groups excluding carboxylic acids is 3. The highest BCUT2D eigenvalue weighted by Gasteiger charge is 2.44. The van der Waals surface area contributed by atoms with E-state index in [2.05, 4.69) is 6.58 Å². The van der Waals surface area contributed by atoms with Crippen LogP contribution in [0.5, 0.6) is 0 Å². The highest BCUT2D eigenvalue weighted by Crippen LogP contribution is 2.32.